The van der Waals surface area contributed by atoms with Crippen LogP contribution in [-0.4, -0.2) is 74.7 Å². The first kappa shape index (κ1) is 41.2. The Morgan fingerprint density at radius 3 is 1.15 bits per heavy atom. The minimum Gasteiger partial charge on any atom is -0.405 e. The molecular weight excluding hydrogens is 761 g/mol. The van der Waals surface area contributed by atoms with Crippen LogP contribution in [0.2, 0.25) is 0 Å². The number of nitrogens with zero attached hydrogens (tertiary/aromatic N) is 4. The van der Waals surface area contributed by atoms with Crippen molar-refractivity contribution in [1.29, 1.82) is 0 Å². The molecule has 0 bridgehead atoms. The first-order valence-corrected chi connectivity index (χ1v) is 19.8. The van der Waals surface area contributed by atoms with Gasteiger partial charge in [-0.3, -0.25) is 9.97 Å². The molecule has 0 atom stereocenters. The molecule has 3 saturated heterocycles. The van der Waals surface area contributed by atoms with Gasteiger partial charge in [0.15, 0.2) is 0 Å². The van der Waals surface area contributed by atoms with Crippen molar-refractivity contribution in [3.05, 3.63) is 63.3 Å². The summed E-state index contributed by atoms with van der Waals surface area (Å²) >= 11 is 6.64. The maximum Gasteiger partial charge on any atom is 0.496 e. The van der Waals surface area contributed by atoms with Crippen LogP contribution < -0.4 is 5.46 Å². The molecule has 3 aliphatic heterocycles. The maximum absolute atomic E-state index is 6.02. The highest BCUT2D eigenvalue weighted by Gasteiger charge is 2.63. The summed E-state index contributed by atoms with van der Waals surface area (Å²) in [5.74, 6) is 0. The number of hydrogen-bond acceptors (Lipinski definition) is 12. The minimum atomic E-state index is -0.476. The third-order valence-electron chi connectivity index (χ3n) is 10.5. The molecule has 16 heteroatoms. The number of aryl methyl sites for hydroxylation is 2. The normalized spacial score (nSPS) is 21.7. The lowest BCUT2D eigenvalue weighted by Crippen LogP contribution is -2.41. The van der Waals surface area contributed by atoms with Crippen LogP contribution in [-0.2, 0) is 27.9 Å². The van der Waals surface area contributed by atoms with Gasteiger partial charge in [0.25, 0.3) is 0 Å². The van der Waals surface area contributed by atoms with Crippen molar-refractivity contribution in [3.63, 3.8) is 0 Å². The molecule has 278 valence electrons. The topological polar surface area (TPSA) is 107 Å². The molecule has 52 heavy (non-hydrogen) atoms. The van der Waals surface area contributed by atoms with Crippen LogP contribution in [0.4, 0.5) is 0 Å². The highest BCUT2D eigenvalue weighted by molar-refractivity contribution is 9.10. The summed E-state index contributed by atoms with van der Waals surface area (Å²) in [6.07, 6.45) is 7.33. The van der Waals surface area contributed by atoms with Crippen molar-refractivity contribution >= 4 is 65.2 Å². The van der Waals surface area contributed by atoms with Crippen LogP contribution in [0.1, 0.15) is 92.8 Å². The molecule has 7 heterocycles. The van der Waals surface area contributed by atoms with Crippen LogP contribution >= 0.6 is 38.6 Å². The molecule has 3 fully saturated rings. The number of rotatable bonds is 4. The Hall–Kier alpha value is -2.01. The van der Waals surface area contributed by atoms with Crippen LogP contribution in [0.3, 0.4) is 0 Å². The molecule has 10 nitrogen and oxygen atoms in total. The Morgan fingerprint density at radius 2 is 0.846 bits per heavy atom. The third-order valence-corrected chi connectivity index (χ3v) is 12.8. The number of hydrogen-bond donors (Lipinski definition) is 0. The monoisotopic (exact) mass is 810 g/mol. The largest absolute Gasteiger partial charge is 0.496 e. The predicted octanol–water partition coefficient (Wildman–Crippen LogP) is 8.34. The molecule has 0 aliphatic carbocycles. The lowest BCUT2D eigenvalue weighted by molar-refractivity contribution is 0.00578. The Kier molecular flexibility index (Phi) is 11.8. The molecule has 0 unspecified atom stereocenters. The van der Waals surface area contributed by atoms with Crippen molar-refractivity contribution in [2.75, 3.05) is 0 Å². The van der Waals surface area contributed by atoms with Crippen LogP contribution in [0, 0.1) is 13.8 Å². The second-order valence-electron chi connectivity index (χ2n) is 16.2. The standard InChI is InChI=1S/C15H19BN2O2S.C12H24B2O4.C9H7BrN2S/c1-10-8-18-13(21-10)12-7-6-11(9-17-12)16-19-14(2,3)15(4,5)20-16;1-9(2)10(3,4)16-13(15-9)14-17-11(5,6)12(7,8)18-14;1-6-4-12-9(13-6)8-3-2-7(10)5-11-8/h6-9H,1-5H3;1-8H3;2-5H,1H3. The molecule has 0 saturated carbocycles. The highest BCUT2D eigenvalue weighted by Crippen LogP contribution is 2.43. The molecular formula is C36H50B3BrN4O6S2. The number of halogens is 1. The van der Waals surface area contributed by atoms with E-state index < -0.39 is 14.0 Å². The van der Waals surface area contributed by atoms with Crippen LogP contribution in [0.25, 0.3) is 21.4 Å². The van der Waals surface area contributed by atoms with Gasteiger partial charge in [-0.25, -0.2) is 9.97 Å². The van der Waals surface area contributed by atoms with E-state index in [9.17, 15) is 0 Å². The molecule has 3 aliphatic rings. The van der Waals surface area contributed by atoms with Gasteiger partial charge in [-0.05, 0) is 131 Å². The fourth-order valence-corrected chi connectivity index (χ4v) is 6.82. The second-order valence-corrected chi connectivity index (χ2v) is 19.6. The van der Waals surface area contributed by atoms with Gasteiger partial charge in [0, 0.05) is 44.5 Å². The van der Waals surface area contributed by atoms with Crippen LogP contribution in [0.5, 0.6) is 0 Å². The first-order chi connectivity index (χ1) is 23.9. The van der Waals surface area contributed by atoms with Crippen molar-refractivity contribution in [2.24, 2.45) is 0 Å². The van der Waals surface area contributed by atoms with Gasteiger partial charge in [0.1, 0.15) is 10.0 Å². The van der Waals surface area contributed by atoms with E-state index in [4.69, 9.17) is 27.9 Å². The van der Waals surface area contributed by atoms with E-state index in [2.05, 4.69) is 35.9 Å². The van der Waals surface area contributed by atoms with E-state index in [1.54, 1.807) is 28.9 Å². The molecule has 4 aromatic rings. The fraction of sp³-hybridized carbons (Fsp3) is 0.556. The molecule has 0 aromatic carbocycles. The summed E-state index contributed by atoms with van der Waals surface area (Å²) < 4.78 is 36.9. The van der Waals surface area contributed by atoms with E-state index in [1.807, 2.05) is 140 Å². The van der Waals surface area contributed by atoms with E-state index >= 15 is 0 Å². The molecule has 4 aromatic heterocycles. The second kappa shape index (κ2) is 14.9. The van der Waals surface area contributed by atoms with Gasteiger partial charge >= 0.3 is 21.1 Å². The Labute approximate surface area is 326 Å². The number of pyridine rings is 2. The average molecular weight is 811 g/mol. The van der Waals surface area contributed by atoms with E-state index in [0.717, 1.165) is 31.3 Å². The van der Waals surface area contributed by atoms with Crippen molar-refractivity contribution in [1.82, 2.24) is 19.9 Å². The van der Waals surface area contributed by atoms with Crippen molar-refractivity contribution < 1.29 is 27.9 Å². The van der Waals surface area contributed by atoms with Crippen molar-refractivity contribution in [2.45, 2.75) is 131 Å². The minimum absolute atomic E-state index is 0.331. The molecule has 0 amide bonds. The third kappa shape index (κ3) is 8.92. The first-order valence-electron chi connectivity index (χ1n) is 17.4. The van der Waals surface area contributed by atoms with Gasteiger partial charge in [0.05, 0.1) is 45.0 Å². The smallest absolute Gasteiger partial charge is 0.405 e. The molecule has 0 spiro atoms. The molecule has 0 radical (unpaired) electrons. The Bertz CT molecular complexity index is 1750. The maximum atomic E-state index is 6.02. The number of aromatic nitrogens is 4. The SMILES string of the molecule is CC1(C)OB(B2OC(C)(C)C(C)(C)O2)OC1(C)C.Cc1cnc(-c2ccc(B3OC(C)(C)C(C)(C)O3)cn2)s1.Cc1cnc(-c2ccc(Br)cn2)s1. The van der Waals surface area contributed by atoms with Crippen LogP contribution in [0.15, 0.2) is 53.5 Å². The molecule has 7 rings (SSSR count). The highest BCUT2D eigenvalue weighted by atomic mass is 79.9. The lowest BCUT2D eigenvalue weighted by Gasteiger charge is -2.32. The average Bonchev–Trinajstić information content (AvgIpc) is 3.81. The van der Waals surface area contributed by atoms with Gasteiger partial charge in [-0.15, -0.1) is 22.7 Å². The summed E-state index contributed by atoms with van der Waals surface area (Å²) in [5.41, 5.74) is 0.650. The molecule has 0 N–H and O–H groups in total. The summed E-state index contributed by atoms with van der Waals surface area (Å²) in [7, 11) is -1.32. The van der Waals surface area contributed by atoms with E-state index in [-0.39, 0.29) is 40.7 Å². The summed E-state index contributed by atoms with van der Waals surface area (Å²) in [6, 6.07) is 7.90. The zero-order chi connectivity index (χ0) is 38.5. The fourth-order valence-electron chi connectivity index (χ4n) is 5.10. The summed E-state index contributed by atoms with van der Waals surface area (Å²) in [4.78, 5) is 19.8. The van der Waals surface area contributed by atoms with E-state index in [1.165, 1.54) is 9.75 Å². The summed E-state index contributed by atoms with van der Waals surface area (Å²) in [5, 5.41) is 1.91. The van der Waals surface area contributed by atoms with Crippen molar-refractivity contribution in [3.8, 4) is 21.4 Å². The zero-order valence-electron chi connectivity index (χ0n) is 32.8. The Balaban J connectivity index is 0.000000155. The van der Waals surface area contributed by atoms with Gasteiger partial charge in [-0.2, -0.15) is 0 Å². The summed E-state index contributed by atoms with van der Waals surface area (Å²) in [6.45, 7) is 28.5. The zero-order valence-corrected chi connectivity index (χ0v) is 36.0. The Morgan fingerprint density at radius 1 is 0.481 bits per heavy atom. The van der Waals surface area contributed by atoms with E-state index in [0.29, 0.717) is 0 Å². The van der Waals surface area contributed by atoms with Gasteiger partial charge < -0.3 is 27.9 Å². The van der Waals surface area contributed by atoms with Gasteiger partial charge in [0.2, 0.25) is 0 Å². The quantitative estimate of drug-likeness (QED) is 0.187. The lowest BCUT2D eigenvalue weighted by atomic mass is 9.49. The number of thiazole rings is 2. The van der Waals surface area contributed by atoms with Gasteiger partial charge in [-0.1, -0.05) is 6.07 Å². The predicted molar refractivity (Wildman–Crippen MR) is 216 cm³/mol.